The number of benzene rings is 2. The molecule has 0 amide bonds. The van der Waals surface area contributed by atoms with E-state index >= 15 is 0 Å². The molecule has 4 nitrogen and oxygen atoms in total. The van der Waals surface area contributed by atoms with E-state index in [1.807, 2.05) is 42.5 Å². The van der Waals surface area contributed by atoms with Crippen LogP contribution in [0.25, 0.3) is 11.1 Å². The summed E-state index contributed by atoms with van der Waals surface area (Å²) in [4.78, 5) is 2.45. The summed E-state index contributed by atoms with van der Waals surface area (Å²) in [5.41, 5.74) is 2.84. The minimum atomic E-state index is -3.08. The van der Waals surface area contributed by atoms with Crippen LogP contribution in [0.5, 0.6) is 5.75 Å². The minimum absolute atomic E-state index is 0.0165. The lowest BCUT2D eigenvalue weighted by atomic mass is 9.81. The Hall–Kier alpha value is -1.85. The number of nitrogens with zero attached hydrogens (tertiary/aromatic N) is 1. The minimum Gasteiger partial charge on any atom is -0.487 e. The summed E-state index contributed by atoms with van der Waals surface area (Å²) in [7, 11) is -3.08. The third-order valence-corrected chi connectivity index (χ3v) is 7.10. The van der Waals surface area contributed by atoms with Crippen LogP contribution in [0.1, 0.15) is 53.9 Å². The second-order valence-corrected chi connectivity index (χ2v) is 11.9. The van der Waals surface area contributed by atoms with Crippen LogP contribution in [0.2, 0.25) is 0 Å². The van der Waals surface area contributed by atoms with Crippen LogP contribution < -0.4 is 4.74 Å². The third-order valence-electron chi connectivity index (χ3n) is 6.25. The van der Waals surface area contributed by atoms with Gasteiger partial charge < -0.3 is 4.74 Å². The van der Waals surface area contributed by atoms with Crippen LogP contribution >= 0.6 is 0 Å². The van der Waals surface area contributed by atoms with Gasteiger partial charge in [0.15, 0.2) is 9.84 Å². The first-order valence-electron chi connectivity index (χ1n) is 11.6. The van der Waals surface area contributed by atoms with Gasteiger partial charge in [0.05, 0.1) is 5.75 Å². The van der Waals surface area contributed by atoms with Crippen molar-refractivity contribution in [2.75, 3.05) is 19.3 Å². The van der Waals surface area contributed by atoms with Crippen LogP contribution in [0.3, 0.4) is 0 Å². The van der Waals surface area contributed by atoms with Gasteiger partial charge in [0.2, 0.25) is 0 Å². The first-order valence-corrected chi connectivity index (χ1v) is 12.7. The zero-order valence-corrected chi connectivity index (χ0v) is 19.2. The van der Waals surface area contributed by atoms with Crippen molar-refractivity contribution in [3.8, 4) is 16.9 Å². The SMILES string of the molecule is [2H]C1([2H])CC2(CCN(C(C)(C)C)CC2)Oc2ccc(-c3ccc(CS(C)(=O)=O)cc3)cc21. The van der Waals surface area contributed by atoms with Crippen molar-refractivity contribution in [1.82, 2.24) is 4.90 Å². The maximum absolute atomic E-state index is 11.5. The standard InChI is InChI=1S/C25H33NO3S/c1-24(2,3)26-15-13-25(14-16-26)12-11-22-17-21(9-10-23(22)29-25)20-7-5-19(6-8-20)18-30(4,27)28/h5-10,17H,11-16,18H2,1-4H3/i11D2. The number of hydrogen-bond donors (Lipinski definition) is 0. The number of piperidine rings is 1. The van der Waals surface area contributed by atoms with Crippen LogP contribution in [0.4, 0.5) is 0 Å². The number of fused-ring (bicyclic) bond motifs is 1. The van der Waals surface area contributed by atoms with Gasteiger partial charge in [-0.25, -0.2) is 8.42 Å². The van der Waals surface area contributed by atoms with Gasteiger partial charge in [-0.2, -0.15) is 0 Å². The molecule has 2 aromatic carbocycles. The molecular weight excluding hydrogens is 394 g/mol. The zero-order valence-electron chi connectivity index (χ0n) is 20.4. The fourth-order valence-corrected chi connectivity index (χ4v) is 5.22. The Balaban J connectivity index is 1.57. The highest BCUT2D eigenvalue weighted by atomic mass is 32.2. The van der Waals surface area contributed by atoms with Gasteiger partial charge in [-0.05, 0) is 80.8 Å². The highest BCUT2D eigenvalue weighted by Crippen LogP contribution is 2.41. The van der Waals surface area contributed by atoms with E-state index in [0.29, 0.717) is 17.7 Å². The average Bonchev–Trinajstić information content (AvgIpc) is 2.66. The Morgan fingerprint density at radius 3 is 2.27 bits per heavy atom. The predicted octanol–water partition coefficient (Wildman–Crippen LogP) is 4.86. The van der Waals surface area contributed by atoms with E-state index in [1.54, 1.807) is 0 Å². The molecule has 30 heavy (non-hydrogen) atoms. The fourth-order valence-electron chi connectivity index (χ4n) is 4.42. The summed E-state index contributed by atoms with van der Waals surface area (Å²) < 4.78 is 47.2. The van der Waals surface area contributed by atoms with Gasteiger partial charge in [0, 0.05) is 27.6 Å². The first-order chi connectivity index (χ1) is 14.8. The van der Waals surface area contributed by atoms with Gasteiger partial charge in [-0.3, -0.25) is 4.90 Å². The van der Waals surface area contributed by atoms with Crippen molar-refractivity contribution < 1.29 is 15.9 Å². The molecule has 2 aromatic rings. The van der Waals surface area contributed by atoms with Gasteiger partial charge in [0.1, 0.15) is 11.4 Å². The average molecular weight is 430 g/mol. The van der Waals surface area contributed by atoms with Gasteiger partial charge in [-0.15, -0.1) is 0 Å². The molecule has 2 heterocycles. The van der Waals surface area contributed by atoms with Crippen molar-refractivity contribution in [3.05, 3.63) is 53.6 Å². The van der Waals surface area contributed by atoms with Crippen molar-refractivity contribution in [1.29, 1.82) is 0 Å². The van der Waals surface area contributed by atoms with E-state index < -0.39 is 21.8 Å². The molecule has 0 aromatic heterocycles. The zero-order chi connectivity index (χ0) is 23.4. The molecule has 5 heteroatoms. The molecule has 0 atom stereocenters. The van der Waals surface area contributed by atoms with Crippen molar-refractivity contribution in [2.45, 2.75) is 63.3 Å². The molecule has 0 radical (unpaired) electrons. The summed E-state index contributed by atoms with van der Waals surface area (Å²) in [6.07, 6.45) is 1.78. The molecule has 0 unspecified atom stereocenters. The molecule has 2 aliphatic rings. The van der Waals surface area contributed by atoms with Crippen LogP contribution in [-0.2, 0) is 22.0 Å². The number of hydrogen-bond acceptors (Lipinski definition) is 4. The normalized spacial score (nSPS) is 22.0. The molecule has 1 spiro atoms. The Kier molecular flexibility index (Phi) is 4.84. The number of ether oxygens (including phenoxy) is 1. The third kappa shape index (κ3) is 4.73. The summed E-state index contributed by atoms with van der Waals surface area (Å²) in [6, 6.07) is 13.2. The van der Waals surface area contributed by atoms with Crippen LogP contribution in [0.15, 0.2) is 42.5 Å². The van der Waals surface area contributed by atoms with Gasteiger partial charge in [-0.1, -0.05) is 30.3 Å². The largest absolute Gasteiger partial charge is 0.487 e. The lowest BCUT2D eigenvalue weighted by Gasteiger charge is -2.48. The molecule has 4 rings (SSSR count). The monoisotopic (exact) mass is 429 g/mol. The van der Waals surface area contributed by atoms with Gasteiger partial charge in [0.25, 0.3) is 0 Å². The number of rotatable bonds is 3. The summed E-state index contributed by atoms with van der Waals surface area (Å²) in [5.74, 6) is 0.658. The molecule has 0 N–H and O–H groups in total. The topological polar surface area (TPSA) is 46.6 Å². The van der Waals surface area contributed by atoms with E-state index in [0.717, 1.165) is 42.6 Å². The highest BCUT2D eigenvalue weighted by Gasteiger charge is 2.41. The lowest BCUT2D eigenvalue weighted by Crippen LogP contribution is -2.54. The summed E-state index contributed by atoms with van der Waals surface area (Å²) >= 11 is 0. The number of sulfone groups is 1. The Morgan fingerprint density at radius 1 is 1.03 bits per heavy atom. The maximum Gasteiger partial charge on any atom is 0.151 e. The van der Waals surface area contributed by atoms with Crippen LogP contribution in [-0.4, -0.2) is 43.8 Å². The van der Waals surface area contributed by atoms with Gasteiger partial charge >= 0.3 is 0 Å². The second kappa shape index (κ2) is 7.69. The summed E-state index contributed by atoms with van der Waals surface area (Å²) in [6.45, 7) is 8.48. The van der Waals surface area contributed by atoms with Crippen molar-refractivity contribution in [2.24, 2.45) is 0 Å². The lowest BCUT2D eigenvalue weighted by molar-refractivity contribution is -0.0355. The first kappa shape index (κ1) is 18.9. The van der Waals surface area contributed by atoms with E-state index in [1.165, 1.54) is 6.26 Å². The van der Waals surface area contributed by atoms with Crippen molar-refractivity contribution in [3.63, 3.8) is 0 Å². The quantitative estimate of drug-likeness (QED) is 0.699. The molecular formula is C25H33NO3S. The summed E-state index contributed by atoms with van der Waals surface area (Å²) in [5, 5.41) is 0. The van der Waals surface area contributed by atoms with E-state index in [-0.39, 0.29) is 11.3 Å². The predicted molar refractivity (Wildman–Crippen MR) is 123 cm³/mol. The Morgan fingerprint density at radius 2 is 1.67 bits per heavy atom. The fraction of sp³-hybridized carbons (Fsp3) is 0.520. The Bertz CT molecular complexity index is 1100. The molecule has 0 bridgehead atoms. The Labute approximate surface area is 184 Å². The smallest absolute Gasteiger partial charge is 0.151 e. The molecule has 1 saturated heterocycles. The van der Waals surface area contributed by atoms with E-state index in [2.05, 4.69) is 25.7 Å². The number of likely N-dealkylation sites (tertiary alicyclic amines) is 1. The molecule has 0 saturated carbocycles. The molecule has 162 valence electrons. The highest BCUT2D eigenvalue weighted by molar-refractivity contribution is 7.89. The molecule has 2 aliphatic heterocycles. The molecule has 1 fully saturated rings. The molecule has 0 aliphatic carbocycles. The second-order valence-electron chi connectivity index (χ2n) is 9.77. The van der Waals surface area contributed by atoms with Crippen molar-refractivity contribution >= 4 is 9.84 Å². The van der Waals surface area contributed by atoms with E-state index in [9.17, 15) is 8.42 Å². The van der Waals surface area contributed by atoms with E-state index in [4.69, 9.17) is 7.48 Å². The number of aryl methyl sites for hydroxylation is 1. The van der Waals surface area contributed by atoms with Crippen LogP contribution in [0, 0.1) is 0 Å². The maximum atomic E-state index is 11.5.